The molecule has 0 aliphatic carbocycles. The van der Waals surface area contributed by atoms with E-state index in [0.717, 1.165) is 5.92 Å². The zero-order valence-electron chi connectivity index (χ0n) is 13.8. The summed E-state index contributed by atoms with van der Waals surface area (Å²) in [6.07, 6.45) is 8.21. The minimum absolute atomic E-state index is 0.500. The maximum atomic E-state index is 3.48. The van der Waals surface area contributed by atoms with Crippen LogP contribution in [0.4, 0.5) is 0 Å². The average Bonchev–Trinajstić information content (AvgIpc) is 2.81. The summed E-state index contributed by atoms with van der Waals surface area (Å²) in [5, 5.41) is 3.48. The van der Waals surface area contributed by atoms with Gasteiger partial charge in [0.15, 0.2) is 0 Å². The summed E-state index contributed by atoms with van der Waals surface area (Å²) in [6.45, 7) is 15.8. The fourth-order valence-corrected chi connectivity index (χ4v) is 2.98. The van der Waals surface area contributed by atoms with Crippen LogP contribution in [-0.2, 0) is 0 Å². The molecule has 2 nitrogen and oxygen atoms in total. The van der Waals surface area contributed by atoms with Gasteiger partial charge < -0.3 is 10.2 Å². The van der Waals surface area contributed by atoms with E-state index in [9.17, 15) is 0 Å². The number of likely N-dealkylation sites (tertiary alicyclic amines) is 1. The van der Waals surface area contributed by atoms with Gasteiger partial charge in [-0.3, -0.25) is 0 Å². The second-order valence-corrected chi connectivity index (χ2v) is 7.32. The van der Waals surface area contributed by atoms with Crippen LogP contribution in [0.25, 0.3) is 0 Å². The second-order valence-electron chi connectivity index (χ2n) is 7.32. The van der Waals surface area contributed by atoms with E-state index in [2.05, 4.69) is 37.9 Å². The lowest BCUT2D eigenvalue weighted by Gasteiger charge is -2.27. The molecular weight excluding hydrogens is 232 g/mol. The van der Waals surface area contributed by atoms with Crippen LogP contribution in [0, 0.1) is 11.3 Å². The summed E-state index contributed by atoms with van der Waals surface area (Å²) in [7, 11) is 0. The summed E-state index contributed by atoms with van der Waals surface area (Å²) < 4.78 is 0. The second kappa shape index (κ2) is 8.97. The number of rotatable bonds is 9. The normalized spacial score (nSPS) is 21.2. The largest absolute Gasteiger partial charge is 0.317 e. The first-order valence-electron chi connectivity index (χ1n) is 8.47. The average molecular weight is 268 g/mol. The predicted molar refractivity (Wildman–Crippen MR) is 85.6 cm³/mol. The highest BCUT2D eigenvalue weighted by Crippen LogP contribution is 2.33. The maximum absolute atomic E-state index is 3.48. The van der Waals surface area contributed by atoms with Crippen LogP contribution in [-0.4, -0.2) is 37.6 Å². The van der Waals surface area contributed by atoms with Gasteiger partial charge in [0.25, 0.3) is 0 Å². The fourth-order valence-electron chi connectivity index (χ4n) is 2.98. The molecular formula is C17H36N2. The van der Waals surface area contributed by atoms with Crippen molar-refractivity contribution in [1.82, 2.24) is 10.2 Å². The molecule has 1 fully saturated rings. The van der Waals surface area contributed by atoms with Gasteiger partial charge in [-0.05, 0) is 63.2 Å². The zero-order valence-corrected chi connectivity index (χ0v) is 13.8. The van der Waals surface area contributed by atoms with Crippen LogP contribution in [0.15, 0.2) is 0 Å². The SMILES string of the molecule is CCCNCCCCCCN1CCC(C(C)(C)C)C1. The van der Waals surface area contributed by atoms with E-state index in [0.29, 0.717) is 5.41 Å². The molecule has 1 saturated heterocycles. The summed E-state index contributed by atoms with van der Waals surface area (Å²) in [5.41, 5.74) is 0.500. The van der Waals surface area contributed by atoms with Gasteiger partial charge in [0.05, 0.1) is 0 Å². The zero-order chi connectivity index (χ0) is 14.1. The molecule has 0 amide bonds. The van der Waals surface area contributed by atoms with Crippen molar-refractivity contribution in [1.29, 1.82) is 0 Å². The lowest BCUT2D eigenvalue weighted by atomic mass is 9.80. The molecule has 0 aromatic heterocycles. The van der Waals surface area contributed by atoms with Crippen LogP contribution in [0.5, 0.6) is 0 Å². The van der Waals surface area contributed by atoms with Crippen LogP contribution in [0.3, 0.4) is 0 Å². The molecule has 0 aromatic rings. The van der Waals surface area contributed by atoms with Crippen molar-refractivity contribution < 1.29 is 0 Å². The number of nitrogens with zero attached hydrogens (tertiary/aromatic N) is 1. The molecule has 1 N–H and O–H groups in total. The minimum Gasteiger partial charge on any atom is -0.317 e. The Bertz CT molecular complexity index is 220. The van der Waals surface area contributed by atoms with E-state index in [-0.39, 0.29) is 0 Å². The Kier molecular flexibility index (Phi) is 8.01. The van der Waals surface area contributed by atoms with E-state index >= 15 is 0 Å². The van der Waals surface area contributed by atoms with E-state index in [1.165, 1.54) is 71.2 Å². The summed E-state index contributed by atoms with van der Waals surface area (Å²) in [5.74, 6) is 0.908. The topological polar surface area (TPSA) is 15.3 Å². The molecule has 0 radical (unpaired) electrons. The van der Waals surface area contributed by atoms with Crippen molar-refractivity contribution in [2.24, 2.45) is 11.3 Å². The molecule has 1 aliphatic heterocycles. The molecule has 114 valence electrons. The Balaban J connectivity index is 1.94. The number of hydrogen-bond donors (Lipinski definition) is 1. The van der Waals surface area contributed by atoms with Crippen molar-refractivity contribution in [3.8, 4) is 0 Å². The molecule has 0 bridgehead atoms. The first-order chi connectivity index (χ1) is 9.04. The Labute approximate surface area is 121 Å². The molecule has 0 spiro atoms. The smallest absolute Gasteiger partial charge is 0.00151 e. The summed E-state index contributed by atoms with van der Waals surface area (Å²) in [6, 6.07) is 0. The lowest BCUT2D eigenvalue weighted by Crippen LogP contribution is -2.26. The fraction of sp³-hybridized carbons (Fsp3) is 1.00. The molecule has 1 atom stereocenters. The van der Waals surface area contributed by atoms with Gasteiger partial charge in [0.1, 0.15) is 0 Å². The summed E-state index contributed by atoms with van der Waals surface area (Å²) >= 11 is 0. The first kappa shape index (κ1) is 17.0. The van der Waals surface area contributed by atoms with Gasteiger partial charge in [0, 0.05) is 6.54 Å². The molecule has 1 aliphatic rings. The molecule has 1 heterocycles. The lowest BCUT2D eigenvalue weighted by molar-refractivity contribution is 0.227. The Hall–Kier alpha value is -0.0800. The van der Waals surface area contributed by atoms with Gasteiger partial charge in [-0.1, -0.05) is 40.5 Å². The van der Waals surface area contributed by atoms with Crippen LogP contribution >= 0.6 is 0 Å². The van der Waals surface area contributed by atoms with Crippen molar-refractivity contribution in [3.63, 3.8) is 0 Å². The van der Waals surface area contributed by atoms with Crippen LogP contribution in [0.2, 0.25) is 0 Å². The standard InChI is InChI=1S/C17H36N2/c1-5-11-18-12-8-6-7-9-13-19-14-10-16(15-19)17(2,3)4/h16,18H,5-15H2,1-4H3. The highest BCUT2D eigenvalue weighted by Gasteiger charge is 2.31. The van der Waals surface area contributed by atoms with Gasteiger partial charge in [-0.15, -0.1) is 0 Å². The van der Waals surface area contributed by atoms with Gasteiger partial charge >= 0.3 is 0 Å². The third-order valence-corrected chi connectivity index (χ3v) is 4.50. The number of unbranched alkanes of at least 4 members (excludes halogenated alkanes) is 3. The van der Waals surface area contributed by atoms with Gasteiger partial charge in [-0.25, -0.2) is 0 Å². The van der Waals surface area contributed by atoms with E-state index in [1.54, 1.807) is 0 Å². The monoisotopic (exact) mass is 268 g/mol. The van der Waals surface area contributed by atoms with Crippen molar-refractivity contribution in [2.45, 2.75) is 66.2 Å². The highest BCUT2D eigenvalue weighted by atomic mass is 15.1. The number of hydrogen-bond acceptors (Lipinski definition) is 2. The molecule has 2 heteroatoms. The maximum Gasteiger partial charge on any atom is 0.00151 e. The number of nitrogens with one attached hydrogen (secondary N) is 1. The molecule has 0 aromatic carbocycles. The van der Waals surface area contributed by atoms with Crippen molar-refractivity contribution >= 4 is 0 Å². The van der Waals surface area contributed by atoms with Crippen molar-refractivity contribution in [3.05, 3.63) is 0 Å². The van der Waals surface area contributed by atoms with Crippen LogP contribution < -0.4 is 5.32 Å². The Morgan fingerprint density at radius 2 is 1.79 bits per heavy atom. The third kappa shape index (κ3) is 7.31. The van der Waals surface area contributed by atoms with E-state index in [1.807, 2.05) is 0 Å². The Morgan fingerprint density at radius 3 is 2.42 bits per heavy atom. The molecule has 1 rings (SSSR count). The van der Waals surface area contributed by atoms with E-state index in [4.69, 9.17) is 0 Å². The van der Waals surface area contributed by atoms with Crippen molar-refractivity contribution in [2.75, 3.05) is 32.7 Å². The van der Waals surface area contributed by atoms with E-state index < -0.39 is 0 Å². The molecule has 19 heavy (non-hydrogen) atoms. The van der Waals surface area contributed by atoms with Crippen LogP contribution in [0.1, 0.15) is 66.2 Å². The third-order valence-electron chi connectivity index (χ3n) is 4.50. The highest BCUT2D eigenvalue weighted by molar-refractivity contribution is 4.83. The predicted octanol–water partition coefficient (Wildman–Crippen LogP) is 3.91. The van der Waals surface area contributed by atoms with Gasteiger partial charge in [0.2, 0.25) is 0 Å². The molecule has 0 saturated carbocycles. The Morgan fingerprint density at radius 1 is 1.05 bits per heavy atom. The quantitative estimate of drug-likeness (QED) is 0.638. The van der Waals surface area contributed by atoms with Gasteiger partial charge in [-0.2, -0.15) is 0 Å². The minimum atomic E-state index is 0.500. The first-order valence-corrected chi connectivity index (χ1v) is 8.47. The summed E-state index contributed by atoms with van der Waals surface area (Å²) in [4.78, 5) is 2.69. The molecule has 1 unspecified atom stereocenters.